The number of ether oxygens (including phenoxy) is 2. The van der Waals surface area contributed by atoms with Gasteiger partial charge in [0.25, 0.3) is 11.8 Å². The number of hydrogen-bond donors (Lipinski definition) is 0. The first-order valence-electron chi connectivity index (χ1n) is 11.0. The Morgan fingerprint density at radius 3 is 2.48 bits per heavy atom. The molecule has 0 saturated carbocycles. The van der Waals surface area contributed by atoms with Gasteiger partial charge in [-0.1, -0.05) is 29.8 Å². The Balaban J connectivity index is 1.21. The average Bonchev–Trinajstić information content (AvgIpc) is 3.14. The molecular formula is C24H24ClN3O5. The van der Waals surface area contributed by atoms with Crippen molar-refractivity contribution in [1.29, 1.82) is 0 Å². The van der Waals surface area contributed by atoms with Crippen LogP contribution in [-0.2, 0) is 14.4 Å². The number of halogens is 1. The number of carbonyl (C=O) groups is 3. The zero-order valence-electron chi connectivity index (χ0n) is 18.2. The lowest BCUT2D eigenvalue weighted by molar-refractivity contribution is -0.143. The van der Waals surface area contributed by atoms with Crippen molar-refractivity contribution in [2.45, 2.75) is 25.5 Å². The summed E-state index contributed by atoms with van der Waals surface area (Å²) in [4.78, 5) is 43.6. The van der Waals surface area contributed by atoms with Crippen LogP contribution in [-0.4, -0.2) is 72.5 Å². The van der Waals surface area contributed by atoms with Gasteiger partial charge in [-0.2, -0.15) is 0 Å². The van der Waals surface area contributed by atoms with E-state index in [2.05, 4.69) is 0 Å². The Morgan fingerprint density at radius 2 is 1.76 bits per heavy atom. The number of benzene rings is 2. The lowest BCUT2D eigenvalue weighted by atomic mass is 10.1. The summed E-state index contributed by atoms with van der Waals surface area (Å²) in [6.07, 6.45) is -0.572. The Bertz CT molecular complexity index is 1120. The second kappa shape index (κ2) is 8.68. The molecule has 2 aromatic carbocycles. The minimum absolute atomic E-state index is 0.120. The number of piperazine rings is 1. The van der Waals surface area contributed by atoms with Gasteiger partial charge in [0.2, 0.25) is 12.0 Å². The van der Waals surface area contributed by atoms with E-state index in [0.717, 1.165) is 5.56 Å². The molecule has 2 aromatic rings. The molecule has 5 rings (SSSR count). The fourth-order valence-electron chi connectivity index (χ4n) is 4.49. The number of para-hydroxylation sites is 2. The van der Waals surface area contributed by atoms with Crippen molar-refractivity contribution in [1.82, 2.24) is 9.80 Å². The number of rotatable bonds is 3. The minimum atomic E-state index is -0.692. The number of amides is 3. The first-order chi connectivity index (χ1) is 15.9. The summed E-state index contributed by atoms with van der Waals surface area (Å²) < 4.78 is 11.5. The quantitative estimate of drug-likeness (QED) is 0.642. The summed E-state index contributed by atoms with van der Waals surface area (Å²) in [5.41, 5.74) is 1.37. The lowest BCUT2D eigenvalue weighted by Crippen LogP contribution is -2.57. The molecule has 0 aromatic heterocycles. The van der Waals surface area contributed by atoms with Gasteiger partial charge in [-0.3, -0.25) is 19.3 Å². The summed E-state index contributed by atoms with van der Waals surface area (Å²) in [7, 11) is 0. The second-order valence-electron chi connectivity index (χ2n) is 8.45. The van der Waals surface area contributed by atoms with Crippen LogP contribution in [0.3, 0.4) is 0 Å². The fourth-order valence-corrected chi connectivity index (χ4v) is 4.67. The summed E-state index contributed by atoms with van der Waals surface area (Å²) >= 11 is 6.19. The molecule has 0 radical (unpaired) electrons. The highest BCUT2D eigenvalue weighted by molar-refractivity contribution is 6.32. The number of nitrogens with zero attached hydrogens (tertiary/aromatic N) is 3. The van der Waals surface area contributed by atoms with E-state index in [9.17, 15) is 14.4 Å². The number of hydrogen-bond acceptors (Lipinski definition) is 6. The van der Waals surface area contributed by atoms with Crippen LogP contribution < -0.4 is 14.4 Å². The maximum Gasteiger partial charge on any atom is 0.267 e. The Hall–Kier alpha value is -3.10. The highest BCUT2D eigenvalue weighted by Crippen LogP contribution is 2.32. The summed E-state index contributed by atoms with van der Waals surface area (Å²) in [5, 5.41) is 0.514. The van der Waals surface area contributed by atoms with Gasteiger partial charge in [-0.05, 0) is 36.8 Å². The highest BCUT2D eigenvalue weighted by Gasteiger charge is 2.44. The monoisotopic (exact) mass is 469 g/mol. The molecule has 3 aliphatic heterocycles. The van der Waals surface area contributed by atoms with Crippen LogP contribution >= 0.6 is 11.6 Å². The molecule has 3 heterocycles. The molecule has 172 valence electrons. The van der Waals surface area contributed by atoms with Crippen molar-refractivity contribution in [2.24, 2.45) is 0 Å². The SMILES string of the molecule is Cc1ccc(N2C(=O)CC(N3CCN(C(=O)C4COc5ccccc5O4)CC3)C2=O)cc1Cl. The Kier molecular flexibility index (Phi) is 5.72. The molecule has 9 heteroatoms. The molecule has 2 fully saturated rings. The molecule has 0 spiro atoms. The van der Waals surface area contributed by atoms with Gasteiger partial charge in [0, 0.05) is 31.2 Å². The van der Waals surface area contributed by atoms with Crippen molar-refractivity contribution in [3.63, 3.8) is 0 Å². The molecule has 33 heavy (non-hydrogen) atoms. The molecule has 2 saturated heterocycles. The van der Waals surface area contributed by atoms with E-state index >= 15 is 0 Å². The predicted molar refractivity (Wildman–Crippen MR) is 122 cm³/mol. The fraction of sp³-hybridized carbons (Fsp3) is 0.375. The van der Waals surface area contributed by atoms with Crippen molar-refractivity contribution < 1.29 is 23.9 Å². The number of fused-ring (bicyclic) bond motifs is 1. The van der Waals surface area contributed by atoms with E-state index in [1.165, 1.54) is 4.90 Å². The first-order valence-corrected chi connectivity index (χ1v) is 11.3. The van der Waals surface area contributed by atoms with Crippen molar-refractivity contribution >= 4 is 35.0 Å². The third-order valence-electron chi connectivity index (χ3n) is 6.39. The molecule has 0 aliphatic carbocycles. The molecule has 2 atom stereocenters. The van der Waals surface area contributed by atoms with E-state index in [-0.39, 0.29) is 30.7 Å². The van der Waals surface area contributed by atoms with Crippen LogP contribution in [0.5, 0.6) is 11.5 Å². The van der Waals surface area contributed by atoms with E-state index in [1.54, 1.807) is 29.2 Å². The smallest absolute Gasteiger partial charge is 0.267 e. The maximum absolute atomic E-state index is 13.1. The third-order valence-corrected chi connectivity index (χ3v) is 6.79. The zero-order chi connectivity index (χ0) is 23.1. The zero-order valence-corrected chi connectivity index (χ0v) is 19.0. The predicted octanol–water partition coefficient (Wildman–Crippen LogP) is 2.26. The third kappa shape index (κ3) is 4.05. The molecule has 2 unspecified atom stereocenters. The van der Waals surface area contributed by atoms with E-state index < -0.39 is 12.1 Å². The van der Waals surface area contributed by atoms with Crippen LogP contribution in [0, 0.1) is 6.92 Å². The number of imide groups is 1. The summed E-state index contributed by atoms with van der Waals surface area (Å²) in [5.74, 6) is 0.575. The average molecular weight is 470 g/mol. The first kappa shape index (κ1) is 21.7. The van der Waals surface area contributed by atoms with Crippen molar-refractivity contribution in [3.05, 3.63) is 53.1 Å². The normalized spacial score (nSPS) is 23.2. The van der Waals surface area contributed by atoms with Gasteiger partial charge in [0.05, 0.1) is 18.2 Å². The van der Waals surface area contributed by atoms with Crippen LogP contribution in [0.2, 0.25) is 5.02 Å². The van der Waals surface area contributed by atoms with Crippen LogP contribution in [0.1, 0.15) is 12.0 Å². The molecule has 3 aliphatic rings. The molecule has 3 amide bonds. The van der Waals surface area contributed by atoms with Crippen molar-refractivity contribution in [3.8, 4) is 11.5 Å². The second-order valence-corrected chi connectivity index (χ2v) is 8.85. The largest absolute Gasteiger partial charge is 0.485 e. The van der Waals surface area contributed by atoms with E-state index in [4.69, 9.17) is 21.1 Å². The number of anilines is 1. The van der Waals surface area contributed by atoms with Gasteiger partial charge in [-0.25, -0.2) is 4.90 Å². The molecule has 0 N–H and O–H groups in total. The molecular weight excluding hydrogens is 446 g/mol. The lowest BCUT2D eigenvalue weighted by Gasteiger charge is -2.38. The maximum atomic E-state index is 13.1. The van der Waals surface area contributed by atoms with Gasteiger partial charge in [0.1, 0.15) is 6.61 Å². The van der Waals surface area contributed by atoms with Gasteiger partial charge < -0.3 is 14.4 Å². The van der Waals surface area contributed by atoms with E-state index in [0.29, 0.717) is 48.4 Å². The topological polar surface area (TPSA) is 79.4 Å². The van der Waals surface area contributed by atoms with Gasteiger partial charge in [0.15, 0.2) is 11.5 Å². The van der Waals surface area contributed by atoms with Crippen LogP contribution in [0.15, 0.2) is 42.5 Å². The molecule has 0 bridgehead atoms. The molecule has 8 nitrogen and oxygen atoms in total. The highest BCUT2D eigenvalue weighted by atomic mass is 35.5. The van der Waals surface area contributed by atoms with Crippen LogP contribution in [0.4, 0.5) is 5.69 Å². The Morgan fingerprint density at radius 1 is 1.03 bits per heavy atom. The van der Waals surface area contributed by atoms with Crippen molar-refractivity contribution in [2.75, 3.05) is 37.7 Å². The van der Waals surface area contributed by atoms with E-state index in [1.807, 2.05) is 30.0 Å². The van der Waals surface area contributed by atoms with Gasteiger partial charge in [-0.15, -0.1) is 0 Å². The number of aryl methyl sites for hydroxylation is 1. The Labute approximate surface area is 196 Å². The van der Waals surface area contributed by atoms with Gasteiger partial charge >= 0.3 is 0 Å². The summed E-state index contributed by atoms with van der Waals surface area (Å²) in [6, 6.07) is 11.9. The summed E-state index contributed by atoms with van der Waals surface area (Å²) in [6.45, 7) is 3.94. The minimum Gasteiger partial charge on any atom is -0.485 e. The standard InChI is InChI=1S/C24H24ClN3O5/c1-15-6-7-16(12-17(15)25)28-22(29)13-18(23(28)30)26-8-10-27(11-9-26)24(31)21-14-32-19-4-2-3-5-20(19)33-21/h2-7,12,18,21H,8-11,13-14H2,1H3. The number of carbonyl (C=O) groups excluding carboxylic acids is 3. The van der Waals surface area contributed by atoms with Crippen LogP contribution in [0.25, 0.3) is 0 Å².